The van der Waals surface area contributed by atoms with Gasteiger partial charge >= 0.3 is 0 Å². The maximum atomic E-state index is 11.8. The predicted molar refractivity (Wildman–Crippen MR) is 99.3 cm³/mol. The molecule has 0 aliphatic carbocycles. The Morgan fingerprint density at radius 3 is 2.71 bits per heavy atom. The van der Waals surface area contributed by atoms with Gasteiger partial charge in [0.2, 0.25) is 0 Å². The number of nitrogens with one attached hydrogen (secondary N) is 2. The van der Waals surface area contributed by atoms with Crippen LogP contribution in [0.25, 0.3) is 10.9 Å². The maximum absolute atomic E-state index is 11.8. The zero-order valence-corrected chi connectivity index (χ0v) is 14.6. The summed E-state index contributed by atoms with van der Waals surface area (Å²) in [6.45, 7) is 0.927. The summed E-state index contributed by atoms with van der Waals surface area (Å²) in [6.07, 6.45) is 2.70. The molecule has 1 aliphatic heterocycles. The molecule has 2 unspecified atom stereocenters. The SMILES string of the molecule is COc1ccc(C2NCCc3c2[nH]c2ccc(S(C)=O)cc32)cc1.[HH]. The monoisotopic (exact) mass is 342 g/mol. The molecule has 1 aliphatic rings. The van der Waals surface area contributed by atoms with Gasteiger partial charge in [0, 0.05) is 46.5 Å². The number of H-pyrrole nitrogens is 1. The van der Waals surface area contributed by atoms with Crippen molar-refractivity contribution >= 4 is 21.7 Å². The molecule has 0 bridgehead atoms. The van der Waals surface area contributed by atoms with Crippen molar-refractivity contribution in [1.29, 1.82) is 0 Å². The molecule has 2 N–H and O–H groups in total. The lowest BCUT2D eigenvalue weighted by molar-refractivity contribution is 0.414. The Balaban J connectivity index is 0.00000182. The molecule has 4 nitrogen and oxygen atoms in total. The van der Waals surface area contributed by atoms with Gasteiger partial charge in [-0.3, -0.25) is 4.21 Å². The van der Waals surface area contributed by atoms with Crippen molar-refractivity contribution in [2.24, 2.45) is 0 Å². The molecule has 4 rings (SSSR count). The van der Waals surface area contributed by atoms with Crippen LogP contribution in [-0.4, -0.2) is 29.1 Å². The average Bonchev–Trinajstić information content (AvgIpc) is 2.99. The quantitative estimate of drug-likeness (QED) is 0.767. The van der Waals surface area contributed by atoms with E-state index >= 15 is 0 Å². The summed E-state index contributed by atoms with van der Waals surface area (Å²) < 4.78 is 17.1. The molecule has 2 aromatic carbocycles. The van der Waals surface area contributed by atoms with Crippen LogP contribution in [0.5, 0.6) is 5.75 Å². The lowest BCUT2D eigenvalue weighted by Crippen LogP contribution is -2.30. The van der Waals surface area contributed by atoms with Crippen molar-refractivity contribution in [3.8, 4) is 5.75 Å². The molecule has 5 heteroatoms. The molecule has 0 radical (unpaired) electrons. The summed E-state index contributed by atoms with van der Waals surface area (Å²) in [5, 5.41) is 4.79. The van der Waals surface area contributed by atoms with Gasteiger partial charge in [0.25, 0.3) is 0 Å². The van der Waals surface area contributed by atoms with Crippen molar-refractivity contribution in [3.05, 3.63) is 59.3 Å². The average molecular weight is 342 g/mol. The molecule has 1 aromatic heterocycles. The van der Waals surface area contributed by atoms with E-state index in [-0.39, 0.29) is 7.47 Å². The van der Waals surface area contributed by atoms with Crippen LogP contribution in [0.2, 0.25) is 0 Å². The highest BCUT2D eigenvalue weighted by Crippen LogP contribution is 2.34. The minimum Gasteiger partial charge on any atom is -0.497 e. The highest BCUT2D eigenvalue weighted by molar-refractivity contribution is 7.84. The van der Waals surface area contributed by atoms with E-state index in [1.165, 1.54) is 22.2 Å². The second-order valence-corrected chi connectivity index (χ2v) is 7.47. The topological polar surface area (TPSA) is 54.1 Å². The fourth-order valence-corrected chi connectivity index (χ4v) is 4.01. The molecule has 0 amide bonds. The summed E-state index contributed by atoms with van der Waals surface area (Å²) >= 11 is 0. The predicted octanol–water partition coefficient (Wildman–Crippen LogP) is 3.40. The second kappa shape index (κ2) is 6.07. The van der Waals surface area contributed by atoms with Crippen LogP contribution in [0, 0.1) is 0 Å². The number of fused-ring (bicyclic) bond motifs is 3. The number of benzene rings is 2. The van der Waals surface area contributed by atoms with Gasteiger partial charge in [-0.25, -0.2) is 0 Å². The highest BCUT2D eigenvalue weighted by atomic mass is 32.2. The number of ether oxygens (including phenoxy) is 1. The molecule has 2 heterocycles. The van der Waals surface area contributed by atoms with Gasteiger partial charge in [-0.05, 0) is 47.9 Å². The lowest BCUT2D eigenvalue weighted by atomic mass is 9.94. The number of hydrogen-bond acceptors (Lipinski definition) is 3. The fourth-order valence-electron chi connectivity index (χ4n) is 3.47. The van der Waals surface area contributed by atoms with E-state index in [0.29, 0.717) is 0 Å². The van der Waals surface area contributed by atoms with Gasteiger partial charge in [0.15, 0.2) is 0 Å². The Morgan fingerprint density at radius 1 is 1.21 bits per heavy atom. The standard InChI is InChI=1S/C19H20N2O2S.H2/c1-23-13-5-3-12(4-6-13)18-19-15(9-10-20-18)16-11-14(24(2)22)7-8-17(16)21-19;/h3-8,11,18,20-21H,9-10H2,1-2H3;1H. The first kappa shape index (κ1) is 15.4. The van der Waals surface area contributed by atoms with E-state index < -0.39 is 10.8 Å². The summed E-state index contributed by atoms with van der Waals surface area (Å²) in [7, 11) is 0.718. The molecule has 0 spiro atoms. The zero-order valence-electron chi connectivity index (χ0n) is 13.8. The first-order valence-corrected chi connectivity index (χ1v) is 9.58. The highest BCUT2D eigenvalue weighted by Gasteiger charge is 2.25. The van der Waals surface area contributed by atoms with E-state index in [9.17, 15) is 4.21 Å². The Bertz CT molecular complexity index is 921. The van der Waals surface area contributed by atoms with Gasteiger partial charge in [0.05, 0.1) is 13.2 Å². The smallest absolute Gasteiger partial charge is 0.118 e. The molecular formula is C19H22N2O2S. The normalized spacial score (nSPS) is 18.3. The Morgan fingerprint density at radius 2 is 2.00 bits per heavy atom. The third-order valence-corrected chi connectivity index (χ3v) is 5.62. The van der Waals surface area contributed by atoms with Crippen molar-refractivity contribution in [2.75, 3.05) is 19.9 Å². The van der Waals surface area contributed by atoms with Gasteiger partial charge in [0.1, 0.15) is 5.75 Å². The Labute approximate surface area is 145 Å². The van der Waals surface area contributed by atoms with Gasteiger partial charge in [-0.2, -0.15) is 0 Å². The molecule has 2 atom stereocenters. The summed E-state index contributed by atoms with van der Waals surface area (Å²) in [6, 6.07) is 14.4. The van der Waals surface area contributed by atoms with Crippen molar-refractivity contribution in [3.63, 3.8) is 0 Å². The Hall–Kier alpha value is -2.11. The van der Waals surface area contributed by atoms with Crippen molar-refractivity contribution in [2.45, 2.75) is 17.4 Å². The number of methoxy groups -OCH3 is 1. The summed E-state index contributed by atoms with van der Waals surface area (Å²) in [4.78, 5) is 4.45. The molecule has 0 saturated heterocycles. The number of aromatic nitrogens is 1. The van der Waals surface area contributed by atoms with Crippen LogP contribution in [-0.2, 0) is 17.2 Å². The van der Waals surface area contributed by atoms with Crippen LogP contribution >= 0.6 is 0 Å². The van der Waals surface area contributed by atoms with Crippen molar-refractivity contribution in [1.82, 2.24) is 10.3 Å². The van der Waals surface area contributed by atoms with Crippen molar-refractivity contribution < 1.29 is 10.4 Å². The number of hydrogen-bond donors (Lipinski definition) is 2. The van der Waals surface area contributed by atoms with Crippen LogP contribution in [0.3, 0.4) is 0 Å². The first-order chi connectivity index (χ1) is 11.7. The summed E-state index contributed by atoms with van der Waals surface area (Å²) in [5.74, 6) is 0.862. The number of aromatic amines is 1. The van der Waals surface area contributed by atoms with Crippen LogP contribution in [0.15, 0.2) is 47.4 Å². The van der Waals surface area contributed by atoms with Gasteiger partial charge in [-0.1, -0.05) is 12.1 Å². The van der Waals surface area contributed by atoms with E-state index in [1.807, 2.05) is 24.3 Å². The molecular weight excluding hydrogens is 320 g/mol. The minimum absolute atomic E-state index is 0. The van der Waals surface area contributed by atoms with Crippen LogP contribution in [0.4, 0.5) is 0 Å². The molecule has 0 fully saturated rings. The Kier molecular flexibility index (Phi) is 3.90. The van der Waals surface area contributed by atoms with E-state index in [4.69, 9.17) is 4.74 Å². The maximum Gasteiger partial charge on any atom is 0.118 e. The summed E-state index contributed by atoms with van der Waals surface area (Å²) in [5.41, 5.74) is 4.86. The molecule has 126 valence electrons. The van der Waals surface area contributed by atoms with Crippen LogP contribution in [0.1, 0.15) is 24.3 Å². The van der Waals surface area contributed by atoms with Gasteiger partial charge in [-0.15, -0.1) is 0 Å². The minimum atomic E-state index is -0.962. The first-order valence-electron chi connectivity index (χ1n) is 8.02. The largest absolute Gasteiger partial charge is 0.497 e. The second-order valence-electron chi connectivity index (χ2n) is 6.09. The molecule has 24 heavy (non-hydrogen) atoms. The van der Waals surface area contributed by atoms with E-state index in [2.05, 4.69) is 28.5 Å². The third kappa shape index (κ3) is 2.54. The molecule has 0 saturated carbocycles. The van der Waals surface area contributed by atoms with Gasteiger partial charge < -0.3 is 15.0 Å². The zero-order chi connectivity index (χ0) is 16.7. The van der Waals surface area contributed by atoms with E-state index in [0.717, 1.165) is 29.1 Å². The third-order valence-electron chi connectivity index (χ3n) is 4.70. The molecule has 3 aromatic rings. The fraction of sp³-hybridized carbons (Fsp3) is 0.263. The number of rotatable bonds is 3. The van der Waals surface area contributed by atoms with E-state index in [1.54, 1.807) is 13.4 Å². The van der Waals surface area contributed by atoms with Crippen LogP contribution < -0.4 is 10.1 Å². The lowest BCUT2D eigenvalue weighted by Gasteiger charge is -2.25.